The van der Waals surface area contributed by atoms with E-state index >= 15 is 0 Å². The summed E-state index contributed by atoms with van der Waals surface area (Å²) in [6.45, 7) is 4.52. The number of ether oxygens (including phenoxy) is 3. The molecule has 1 aliphatic rings. The fourth-order valence-corrected chi connectivity index (χ4v) is 7.17. The van der Waals surface area contributed by atoms with Crippen molar-refractivity contribution in [2.45, 2.75) is 231 Å². The maximum Gasteiger partial charge on any atom is 0.160 e. The van der Waals surface area contributed by atoms with Crippen LogP contribution in [0.4, 0.5) is 0 Å². The minimum atomic E-state index is -0.912. The number of unbranched alkanes of at least 4 members (excludes halogenated alkanes) is 26. The molecule has 0 amide bonds. The Morgan fingerprint density at radius 1 is 0.574 bits per heavy atom. The van der Waals surface area contributed by atoms with E-state index in [-0.39, 0.29) is 13.2 Å². The summed E-state index contributed by atoms with van der Waals surface area (Å²) >= 11 is 10.9. The lowest BCUT2D eigenvalue weighted by atomic mass is 10.0. The molecule has 2 N–H and O–H groups in total. The van der Waals surface area contributed by atoms with E-state index in [1.165, 1.54) is 154 Å². The standard InChI is InChI=1S/C40H76O5S2/c1-3-5-7-9-11-13-15-17-19-21-23-25-27-29-31-37(46)44-35(33-41)40-39(42)36(34-43-40)45-38(47)32-30-28-26-24-22-20-18-16-14-12-10-8-6-4-2/h35-36,39-42H,3-34H2,1-2H3/t35-,36+,39+,40+/m1/s1. The van der Waals surface area contributed by atoms with Crippen LogP contribution in [0.15, 0.2) is 0 Å². The lowest BCUT2D eigenvalue weighted by Gasteiger charge is -2.26. The van der Waals surface area contributed by atoms with Gasteiger partial charge in [0.25, 0.3) is 0 Å². The van der Waals surface area contributed by atoms with Gasteiger partial charge in [-0.2, -0.15) is 0 Å². The Balaban J connectivity index is 2.04. The normalized spacial score (nSPS) is 18.4. The van der Waals surface area contributed by atoms with Crippen LogP contribution in [0.3, 0.4) is 0 Å². The largest absolute Gasteiger partial charge is 0.479 e. The number of aliphatic hydroxyl groups is 2. The second-order valence-corrected chi connectivity index (χ2v) is 15.1. The maximum absolute atomic E-state index is 10.9. The van der Waals surface area contributed by atoms with E-state index in [0.717, 1.165) is 32.1 Å². The zero-order valence-electron chi connectivity index (χ0n) is 30.9. The van der Waals surface area contributed by atoms with E-state index < -0.39 is 24.4 Å². The highest BCUT2D eigenvalue weighted by atomic mass is 32.1. The molecule has 1 rings (SSSR count). The molecule has 4 atom stereocenters. The molecule has 1 aliphatic heterocycles. The molecule has 5 nitrogen and oxygen atoms in total. The number of hydrogen-bond acceptors (Lipinski definition) is 7. The highest BCUT2D eigenvalue weighted by Gasteiger charge is 2.43. The third-order valence-electron chi connectivity index (χ3n) is 9.75. The first-order valence-electron chi connectivity index (χ1n) is 20.3. The predicted molar refractivity (Wildman–Crippen MR) is 208 cm³/mol. The zero-order chi connectivity index (χ0) is 34.2. The summed E-state index contributed by atoms with van der Waals surface area (Å²) in [7, 11) is 0. The molecule has 7 heteroatoms. The highest BCUT2D eigenvalue weighted by molar-refractivity contribution is 7.80. The van der Waals surface area contributed by atoms with Crippen molar-refractivity contribution in [3.05, 3.63) is 0 Å². The van der Waals surface area contributed by atoms with Crippen LogP contribution < -0.4 is 0 Å². The number of aliphatic hydroxyl groups excluding tert-OH is 2. The van der Waals surface area contributed by atoms with Crippen LogP contribution in [-0.4, -0.2) is 57.9 Å². The van der Waals surface area contributed by atoms with E-state index in [0.29, 0.717) is 16.5 Å². The minimum Gasteiger partial charge on any atom is -0.479 e. The predicted octanol–water partition coefficient (Wildman–Crippen LogP) is 11.9. The summed E-state index contributed by atoms with van der Waals surface area (Å²) in [5.41, 5.74) is 0. The molecule has 1 saturated heterocycles. The van der Waals surface area contributed by atoms with Gasteiger partial charge >= 0.3 is 0 Å². The Hall–Kier alpha value is -0.340. The van der Waals surface area contributed by atoms with Crippen LogP contribution in [0.1, 0.15) is 206 Å². The number of hydrogen-bond donors (Lipinski definition) is 2. The van der Waals surface area contributed by atoms with Gasteiger partial charge < -0.3 is 24.4 Å². The van der Waals surface area contributed by atoms with Crippen molar-refractivity contribution in [1.82, 2.24) is 0 Å². The molecule has 278 valence electrons. The summed E-state index contributed by atoms with van der Waals surface area (Å²) in [5, 5.41) is 21.9. The molecule has 1 heterocycles. The number of thiocarbonyl (C=S) groups is 2. The molecule has 0 spiro atoms. The van der Waals surface area contributed by atoms with Crippen LogP contribution >= 0.6 is 24.4 Å². The molecular weight excluding hydrogens is 625 g/mol. The molecule has 0 radical (unpaired) electrons. The Labute approximate surface area is 302 Å². The van der Waals surface area contributed by atoms with Crippen molar-refractivity contribution in [2.24, 2.45) is 0 Å². The summed E-state index contributed by atoms with van der Waals surface area (Å²) in [6.07, 6.45) is 35.6. The lowest BCUT2D eigenvalue weighted by Crippen LogP contribution is -2.43. The molecule has 0 saturated carbocycles. The third kappa shape index (κ3) is 25.3. The first kappa shape index (κ1) is 44.7. The van der Waals surface area contributed by atoms with Gasteiger partial charge in [0.2, 0.25) is 0 Å². The fourth-order valence-electron chi connectivity index (χ4n) is 6.64. The molecule has 47 heavy (non-hydrogen) atoms. The Bertz CT molecular complexity index is 721. The summed E-state index contributed by atoms with van der Waals surface area (Å²) < 4.78 is 17.6. The zero-order valence-corrected chi connectivity index (χ0v) is 32.5. The summed E-state index contributed by atoms with van der Waals surface area (Å²) in [5.74, 6) is 0. The van der Waals surface area contributed by atoms with Gasteiger partial charge in [-0.3, -0.25) is 0 Å². The average Bonchev–Trinajstić information content (AvgIpc) is 3.42. The van der Waals surface area contributed by atoms with Crippen LogP contribution in [0.25, 0.3) is 0 Å². The molecule has 0 aromatic carbocycles. The van der Waals surface area contributed by atoms with Crippen molar-refractivity contribution in [3.8, 4) is 0 Å². The third-order valence-corrected chi connectivity index (χ3v) is 10.4. The fraction of sp³-hybridized carbons (Fsp3) is 0.950. The summed E-state index contributed by atoms with van der Waals surface area (Å²) in [6, 6.07) is 0. The van der Waals surface area contributed by atoms with Gasteiger partial charge in [-0.05, 0) is 37.3 Å². The quantitative estimate of drug-likeness (QED) is 0.0511. The monoisotopic (exact) mass is 701 g/mol. The van der Waals surface area contributed by atoms with Gasteiger partial charge in [-0.15, -0.1) is 0 Å². The molecule has 0 bridgehead atoms. The molecular formula is C40H76O5S2. The van der Waals surface area contributed by atoms with Crippen molar-refractivity contribution in [2.75, 3.05) is 13.2 Å². The first-order valence-corrected chi connectivity index (χ1v) is 21.1. The molecule has 0 aromatic heterocycles. The van der Waals surface area contributed by atoms with Crippen LogP contribution in [0.5, 0.6) is 0 Å². The van der Waals surface area contributed by atoms with Crippen molar-refractivity contribution in [3.63, 3.8) is 0 Å². The van der Waals surface area contributed by atoms with Gasteiger partial charge in [0, 0.05) is 12.8 Å². The van der Waals surface area contributed by atoms with Crippen LogP contribution in [0.2, 0.25) is 0 Å². The van der Waals surface area contributed by atoms with Gasteiger partial charge in [-0.25, -0.2) is 0 Å². The average molecular weight is 701 g/mol. The van der Waals surface area contributed by atoms with E-state index in [1.807, 2.05) is 0 Å². The van der Waals surface area contributed by atoms with E-state index in [1.54, 1.807) is 0 Å². The van der Waals surface area contributed by atoms with Gasteiger partial charge in [0.15, 0.2) is 22.3 Å². The summed E-state index contributed by atoms with van der Waals surface area (Å²) in [4.78, 5) is 0. The molecule has 1 fully saturated rings. The molecule has 0 aromatic rings. The van der Waals surface area contributed by atoms with Gasteiger partial charge in [-0.1, -0.05) is 181 Å². The van der Waals surface area contributed by atoms with E-state index in [9.17, 15) is 10.2 Å². The second-order valence-electron chi connectivity index (χ2n) is 14.2. The van der Waals surface area contributed by atoms with Crippen molar-refractivity contribution >= 4 is 34.5 Å². The van der Waals surface area contributed by atoms with E-state index in [2.05, 4.69) is 13.8 Å². The molecule has 0 unspecified atom stereocenters. The van der Waals surface area contributed by atoms with Gasteiger partial charge in [0.1, 0.15) is 12.2 Å². The lowest BCUT2D eigenvalue weighted by molar-refractivity contribution is -0.0615. The topological polar surface area (TPSA) is 68.2 Å². The maximum atomic E-state index is 10.9. The van der Waals surface area contributed by atoms with E-state index in [4.69, 9.17) is 38.6 Å². The van der Waals surface area contributed by atoms with Crippen LogP contribution in [-0.2, 0) is 14.2 Å². The Kier molecular flexibility index (Phi) is 31.2. The smallest absolute Gasteiger partial charge is 0.160 e. The SMILES string of the molecule is CCCCCCCCCCCCCCCCC(=S)O[C@H]1CO[C@@H]([C@@H](CO)OC(=S)CCCCCCCCCCCCCCCC)[C@H]1O. The van der Waals surface area contributed by atoms with Crippen molar-refractivity contribution in [1.29, 1.82) is 0 Å². The first-order chi connectivity index (χ1) is 23.0. The second kappa shape index (κ2) is 32.8. The highest BCUT2D eigenvalue weighted by Crippen LogP contribution is 2.24. The number of rotatable bonds is 34. The van der Waals surface area contributed by atoms with Crippen LogP contribution in [0, 0.1) is 0 Å². The van der Waals surface area contributed by atoms with Gasteiger partial charge in [0.05, 0.1) is 13.2 Å². The Morgan fingerprint density at radius 3 is 1.28 bits per heavy atom. The molecule has 0 aliphatic carbocycles. The minimum absolute atomic E-state index is 0.232. The Morgan fingerprint density at radius 2 is 0.915 bits per heavy atom. The van der Waals surface area contributed by atoms with Crippen molar-refractivity contribution < 1.29 is 24.4 Å².